The molecule has 4 nitrogen and oxygen atoms in total. The second kappa shape index (κ2) is 5.61. The maximum Gasteiger partial charge on any atom is 0.231 e. The van der Waals surface area contributed by atoms with Crippen molar-refractivity contribution < 1.29 is 9.47 Å². The number of fused-ring (bicyclic) bond motifs is 1. The van der Waals surface area contributed by atoms with Crippen LogP contribution in [0.3, 0.4) is 0 Å². The molecule has 0 N–H and O–H groups in total. The van der Waals surface area contributed by atoms with E-state index in [1.165, 1.54) is 11.4 Å². The highest BCUT2D eigenvalue weighted by Crippen LogP contribution is 2.35. The van der Waals surface area contributed by atoms with E-state index in [0.29, 0.717) is 6.79 Å². The summed E-state index contributed by atoms with van der Waals surface area (Å²) in [6.07, 6.45) is 0. The second-order valence-corrected chi connectivity index (χ2v) is 5.93. The third-order valence-electron chi connectivity index (χ3n) is 4.17. The van der Waals surface area contributed by atoms with Gasteiger partial charge in [-0.3, -0.25) is 0 Å². The second-order valence-electron chi connectivity index (χ2n) is 5.49. The van der Waals surface area contributed by atoms with Gasteiger partial charge in [0.2, 0.25) is 6.79 Å². The average molecular weight is 317 g/mol. The fraction of sp³-hybridized carbons (Fsp3) is 0.294. The molecule has 2 aliphatic heterocycles. The Hall–Kier alpha value is -2.07. The maximum atomic E-state index is 6.08. The highest BCUT2D eigenvalue weighted by atomic mass is 35.5. The Morgan fingerprint density at radius 3 is 2.18 bits per heavy atom. The number of piperazine rings is 1. The molecule has 4 rings (SSSR count). The largest absolute Gasteiger partial charge is 0.454 e. The Morgan fingerprint density at radius 1 is 0.773 bits per heavy atom. The van der Waals surface area contributed by atoms with Crippen molar-refractivity contribution in [1.29, 1.82) is 0 Å². The van der Waals surface area contributed by atoms with E-state index >= 15 is 0 Å². The first-order valence-corrected chi connectivity index (χ1v) is 7.82. The average Bonchev–Trinajstić information content (AvgIpc) is 3.02. The number of benzene rings is 2. The van der Waals surface area contributed by atoms with Crippen LogP contribution in [0.1, 0.15) is 0 Å². The topological polar surface area (TPSA) is 24.9 Å². The first-order chi connectivity index (χ1) is 10.8. The van der Waals surface area contributed by atoms with Gasteiger partial charge >= 0.3 is 0 Å². The first-order valence-electron chi connectivity index (χ1n) is 7.45. The quantitative estimate of drug-likeness (QED) is 0.848. The molecule has 114 valence electrons. The van der Waals surface area contributed by atoms with Crippen molar-refractivity contribution >= 4 is 23.0 Å². The van der Waals surface area contributed by atoms with Crippen molar-refractivity contribution in [3.05, 3.63) is 47.5 Å². The summed E-state index contributed by atoms with van der Waals surface area (Å²) in [4.78, 5) is 4.75. The fourth-order valence-electron chi connectivity index (χ4n) is 2.98. The lowest BCUT2D eigenvalue weighted by Crippen LogP contribution is -2.46. The van der Waals surface area contributed by atoms with Crippen molar-refractivity contribution in [1.82, 2.24) is 0 Å². The van der Waals surface area contributed by atoms with Crippen LogP contribution in [0.5, 0.6) is 11.5 Å². The van der Waals surface area contributed by atoms with Gasteiger partial charge in [0.25, 0.3) is 0 Å². The van der Waals surface area contributed by atoms with Gasteiger partial charge in [0.05, 0.1) is 0 Å². The number of hydrogen-bond acceptors (Lipinski definition) is 4. The molecule has 2 aliphatic rings. The summed E-state index contributed by atoms with van der Waals surface area (Å²) in [7, 11) is 0. The van der Waals surface area contributed by atoms with E-state index in [-0.39, 0.29) is 0 Å². The Labute approximate surface area is 134 Å². The van der Waals surface area contributed by atoms with Crippen LogP contribution in [0.15, 0.2) is 42.5 Å². The number of halogens is 1. The predicted octanol–water partition coefficient (Wildman–Crippen LogP) is 3.40. The Kier molecular flexibility index (Phi) is 3.47. The highest BCUT2D eigenvalue weighted by Gasteiger charge is 2.20. The van der Waals surface area contributed by atoms with E-state index in [0.717, 1.165) is 42.7 Å². The highest BCUT2D eigenvalue weighted by molar-refractivity contribution is 6.30. The SMILES string of the molecule is Clc1cccc(N2CCN(c3ccc4c(c3)OCO4)CC2)c1. The van der Waals surface area contributed by atoms with E-state index in [1.54, 1.807) is 0 Å². The van der Waals surface area contributed by atoms with Gasteiger partial charge in [-0.25, -0.2) is 0 Å². The summed E-state index contributed by atoms with van der Waals surface area (Å²) < 4.78 is 10.8. The molecule has 1 saturated heterocycles. The minimum atomic E-state index is 0.321. The summed E-state index contributed by atoms with van der Waals surface area (Å²) in [6.45, 7) is 4.24. The third kappa shape index (κ3) is 2.55. The predicted molar refractivity (Wildman–Crippen MR) is 88.4 cm³/mol. The van der Waals surface area contributed by atoms with Gasteiger partial charge in [-0.15, -0.1) is 0 Å². The van der Waals surface area contributed by atoms with Crippen molar-refractivity contribution in [2.45, 2.75) is 0 Å². The minimum Gasteiger partial charge on any atom is -0.454 e. The van der Waals surface area contributed by atoms with Crippen LogP contribution in [0.2, 0.25) is 5.02 Å². The van der Waals surface area contributed by atoms with Gasteiger partial charge in [-0.2, -0.15) is 0 Å². The van der Waals surface area contributed by atoms with Gasteiger partial charge in [0.15, 0.2) is 11.5 Å². The zero-order chi connectivity index (χ0) is 14.9. The van der Waals surface area contributed by atoms with E-state index in [1.807, 2.05) is 24.3 Å². The van der Waals surface area contributed by atoms with Crippen LogP contribution in [-0.2, 0) is 0 Å². The lowest BCUT2D eigenvalue weighted by atomic mass is 10.2. The number of hydrogen-bond donors (Lipinski definition) is 0. The molecular weight excluding hydrogens is 300 g/mol. The molecule has 0 unspecified atom stereocenters. The number of nitrogens with zero attached hydrogens (tertiary/aromatic N) is 2. The van der Waals surface area contributed by atoms with Crippen LogP contribution in [0.4, 0.5) is 11.4 Å². The third-order valence-corrected chi connectivity index (χ3v) is 4.41. The zero-order valence-electron chi connectivity index (χ0n) is 12.2. The van der Waals surface area contributed by atoms with E-state index < -0.39 is 0 Å². The molecule has 2 aromatic carbocycles. The molecule has 0 saturated carbocycles. The van der Waals surface area contributed by atoms with E-state index in [2.05, 4.69) is 28.0 Å². The maximum absolute atomic E-state index is 6.08. The monoisotopic (exact) mass is 316 g/mol. The summed E-state index contributed by atoms with van der Waals surface area (Å²) in [6, 6.07) is 14.2. The molecule has 2 aromatic rings. The molecule has 0 radical (unpaired) electrons. The molecule has 0 aromatic heterocycles. The van der Waals surface area contributed by atoms with Crippen molar-refractivity contribution in [3.8, 4) is 11.5 Å². The molecule has 5 heteroatoms. The van der Waals surface area contributed by atoms with Gasteiger partial charge in [-0.1, -0.05) is 17.7 Å². The molecule has 0 amide bonds. The number of rotatable bonds is 2. The van der Waals surface area contributed by atoms with Gasteiger partial charge in [0.1, 0.15) is 0 Å². The number of anilines is 2. The van der Waals surface area contributed by atoms with Crippen LogP contribution >= 0.6 is 11.6 Å². The van der Waals surface area contributed by atoms with E-state index in [4.69, 9.17) is 21.1 Å². The normalized spacial score (nSPS) is 17.0. The molecule has 0 spiro atoms. The zero-order valence-corrected chi connectivity index (χ0v) is 12.9. The van der Waals surface area contributed by atoms with Crippen LogP contribution < -0.4 is 19.3 Å². The summed E-state index contributed by atoms with van der Waals surface area (Å²) in [5.41, 5.74) is 2.38. The van der Waals surface area contributed by atoms with Crippen molar-refractivity contribution in [2.24, 2.45) is 0 Å². The lowest BCUT2D eigenvalue weighted by Gasteiger charge is -2.37. The number of ether oxygens (including phenoxy) is 2. The van der Waals surface area contributed by atoms with Crippen molar-refractivity contribution in [3.63, 3.8) is 0 Å². The molecule has 0 atom stereocenters. The summed E-state index contributed by atoms with van der Waals surface area (Å²) in [5.74, 6) is 1.68. The minimum absolute atomic E-state index is 0.321. The standard InChI is InChI=1S/C17H17ClN2O2/c18-13-2-1-3-14(10-13)19-6-8-20(9-7-19)15-4-5-16-17(11-15)22-12-21-16/h1-5,10-11H,6-9,12H2. The Morgan fingerprint density at radius 2 is 1.45 bits per heavy atom. The molecule has 1 fully saturated rings. The molecule has 0 aliphatic carbocycles. The summed E-state index contributed by atoms with van der Waals surface area (Å²) >= 11 is 6.08. The van der Waals surface area contributed by atoms with Gasteiger partial charge in [0, 0.05) is 48.6 Å². The Balaban J connectivity index is 1.45. The molecular formula is C17H17ClN2O2. The van der Waals surface area contributed by atoms with Crippen LogP contribution in [-0.4, -0.2) is 33.0 Å². The van der Waals surface area contributed by atoms with Gasteiger partial charge in [-0.05, 0) is 30.3 Å². The lowest BCUT2D eigenvalue weighted by molar-refractivity contribution is 0.174. The van der Waals surface area contributed by atoms with E-state index in [9.17, 15) is 0 Å². The summed E-state index contributed by atoms with van der Waals surface area (Å²) in [5, 5.41) is 0.788. The molecule has 0 bridgehead atoms. The molecule has 22 heavy (non-hydrogen) atoms. The van der Waals surface area contributed by atoms with Crippen molar-refractivity contribution in [2.75, 3.05) is 42.8 Å². The molecule has 2 heterocycles. The van der Waals surface area contributed by atoms with Gasteiger partial charge < -0.3 is 19.3 Å². The fourth-order valence-corrected chi connectivity index (χ4v) is 3.16. The van der Waals surface area contributed by atoms with Crippen LogP contribution in [0.25, 0.3) is 0 Å². The first kappa shape index (κ1) is 13.6. The van der Waals surface area contributed by atoms with Crippen LogP contribution in [0, 0.1) is 0 Å². The smallest absolute Gasteiger partial charge is 0.231 e. The Bertz CT molecular complexity index is 684.